The number of benzene rings is 1. The number of rotatable bonds is 8. The monoisotopic (exact) mass is 363 g/mol. The molecule has 1 N–H and O–H groups in total. The van der Waals surface area contributed by atoms with Crippen molar-refractivity contribution in [3.05, 3.63) is 41.5 Å². The minimum atomic E-state index is -0.246. The summed E-state index contributed by atoms with van der Waals surface area (Å²) in [5.41, 5.74) is 1.00. The first-order valence-electron chi connectivity index (χ1n) is 8.58. The zero-order chi connectivity index (χ0) is 17.5. The predicted molar refractivity (Wildman–Crippen MR) is 94.6 cm³/mol. The van der Waals surface area contributed by atoms with Gasteiger partial charge in [-0.25, -0.2) is 9.07 Å². The van der Waals surface area contributed by atoms with Crippen molar-refractivity contribution >= 4 is 17.7 Å². The molecule has 1 aliphatic carbocycles. The average Bonchev–Trinajstić information content (AvgIpc) is 3.27. The molecule has 1 saturated carbocycles. The number of hydrogen-bond acceptors (Lipinski definition) is 5. The second-order valence-corrected chi connectivity index (χ2v) is 7.18. The van der Waals surface area contributed by atoms with Gasteiger partial charge in [-0.15, -0.1) is 16.9 Å². The lowest BCUT2D eigenvalue weighted by molar-refractivity contribution is -0.118. The Labute approximate surface area is 150 Å². The molecule has 0 saturated heterocycles. The number of carbonyl (C=O) groups is 1. The van der Waals surface area contributed by atoms with Crippen LogP contribution in [0.2, 0.25) is 0 Å². The Hall–Kier alpha value is -1.96. The second-order valence-electron chi connectivity index (χ2n) is 6.20. The number of amides is 1. The number of halogens is 1. The number of thioether (sulfide) groups is 1. The summed E-state index contributed by atoms with van der Waals surface area (Å²) in [7, 11) is 0. The zero-order valence-corrected chi connectivity index (χ0v) is 14.8. The standard InChI is InChI=1S/C17H22FN5OS/c18-14-7-5-13(6-8-14)9-10-19-17(24)12-25-11-16-20-21-22-23(16)15-3-1-2-4-15/h5-8,15H,1-4,9-12H2,(H,19,24). The van der Waals surface area contributed by atoms with Crippen molar-refractivity contribution in [1.29, 1.82) is 0 Å². The van der Waals surface area contributed by atoms with Crippen LogP contribution >= 0.6 is 11.8 Å². The highest BCUT2D eigenvalue weighted by molar-refractivity contribution is 7.99. The summed E-state index contributed by atoms with van der Waals surface area (Å²) in [6.07, 6.45) is 5.41. The largest absolute Gasteiger partial charge is 0.355 e. The molecule has 1 aliphatic rings. The number of carbonyl (C=O) groups excluding carboxylic acids is 1. The number of nitrogens with one attached hydrogen (secondary N) is 1. The second kappa shape index (κ2) is 8.94. The third-order valence-corrected chi connectivity index (χ3v) is 5.27. The van der Waals surface area contributed by atoms with E-state index in [0.29, 0.717) is 30.5 Å². The number of aromatic nitrogens is 4. The van der Waals surface area contributed by atoms with Crippen LogP contribution in [0.5, 0.6) is 0 Å². The van der Waals surface area contributed by atoms with Gasteiger partial charge < -0.3 is 5.32 Å². The fraction of sp³-hybridized carbons (Fsp3) is 0.529. The van der Waals surface area contributed by atoms with Crippen LogP contribution in [0.15, 0.2) is 24.3 Å². The van der Waals surface area contributed by atoms with Crippen LogP contribution in [-0.2, 0) is 17.0 Å². The Morgan fingerprint density at radius 1 is 1.28 bits per heavy atom. The van der Waals surface area contributed by atoms with Gasteiger partial charge in [-0.1, -0.05) is 25.0 Å². The zero-order valence-electron chi connectivity index (χ0n) is 14.0. The lowest BCUT2D eigenvalue weighted by atomic mass is 10.1. The molecular weight excluding hydrogens is 341 g/mol. The van der Waals surface area contributed by atoms with Crippen LogP contribution in [0.4, 0.5) is 4.39 Å². The molecule has 0 spiro atoms. The molecule has 0 radical (unpaired) electrons. The average molecular weight is 363 g/mol. The summed E-state index contributed by atoms with van der Waals surface area (Å²) in [4.78, 5) is 11.9. The van der Waals surface area contributed by atoms with Crippen molar-refractivity contribution < 1.29 is 9.18 Å². The van der Waals surface area contributed by atoms with E-state index in [0.717, 1.165) is 24.2 Å². The lowest BCUT2D eigenvalue weighted by Gasteiger charge is -2.11. The smallest absolute Gasteiger partial charge is 0.230 e. The molecule has 0 bridgehead atoms. The molecule has 0 aliphatic heterocycles. The highest BCUT2D eigenvalue weighted by atomic mass is 32.2. The Balaban J connectivity index is 1.35. The van der Waals surface area contributed by atoms with E-state index in [1.807, 2.05) is 4.68 Å². The quantitative estimate of drug-likeness (QED) is 0.780. The SMILES string of the molecule is O=C(CSCc1nnnn1C1CCCC1)NCCc1ccc(F)cc1. The minimum Gasteiger partial charge on any atom is -0.355 e. The molecule has 25 heavy (non-hydrogen) atoms. The highest BCUT2D eigenvalue weighted by Crippen LogP contribution is 2.29. The fourth-order valence-corrected chi connectivity index (χ4v) is 3.79. The summed E-state index contributed by atoms with van der Waals surface area (Å²) < 4.78 is 14.8. The molecule has 1 amide bonds. The fourth-order valence-electron chi connectivity index (χ4n) is 3.02. The van der Waals surface area contributed by atoms with Crippen LogP contribution in [0.25, 0.3) is 0 Å². The molecule has 3 rings (SSSR count). The number of hydrogen-bond donors (Lipinski definition) is 1. The van der Waals surface area contributed by atoms with Crippen molar-refractivity contribution in [2.45, 2.75) is 43.9 Å². The van der Waals surface area contributed by atoms with E-state index in [2.05, 4.69) is 20.8 Å². The maximum atomic E-state index is 12.8. The van der Waals surface area contributed by atoms with Gasteiger partial charge in [0, 0.05) is 6.54 Å². The number of nitrogens with zero attached hydrogens (tertiary/aromatic N) is 4. The van der Waals surface area contributed by atoms with Crippen LogP contribution in [0, 0.1) is 5.82 Å². The van der Waals surface area contributed by atoms with Gasteiger partial charge in [0.1, 0.15) is 5.82 Å². The van der Waals surface area contributed by atoms with Crippen LogP contribution in [0.1, 0.15) is 43.1 Å². The third kappa shape index (κ3) is 5.26. The van der Waals surface area contributed by atoms with E-state index < -0.39 is 0 Å². The van der Waals surface area contributed by atoms with Crippen LogP contribution < -0.4 is 5.32 Å². The van der Waals surface area contributed by atoms with Crippen LogP contribution in [0.3, 0.4) is 0 Å². The molecule has 6 nitrogen and oxygen atoms in total. The highest BCUT2D eigenvalue weighted by Gasteiger charge is 2.21. The summed E-state index contributed by atoms with van der Waals surface area (Å²) in [6.45, 7) is 0.546. The minimum absolute atomic E-state index is 0.00741. The maximum Gasteiger partial charge on any atom is 0.230 e. The molecule has 0 atom stereocenters. The van der Waals surface area contributed by atoms with Crippen molar-refractivity contribution in [2.75, 3.05) is 12.3 Å². The summed E-state index contributed by atoms with van der Waals surface area (Å²) in [6, 6.07) is 6.75. The summed E-state index contributed by atoms with van der Waals surface area (Å²) >= 11 is 1.52. The molecular formula is C17H22FN5OS. The van der Waals surface area contributed by atoms with Gasteiger partial charge in [-0.2, -0.15) is 0 Å². The Bertz CT molecular complexity index is 685. The first kappa shape index (κ1) is 17.8. The maximum absolute atomic E-state index is 12.8. The molecule has 1 aromatic carbocycles. The molecule has 1 fully saturated rings. The Kier molecular flexibility index (Phi) is 6.38. The van der Waals surface area contributed by atoms with Crippen molar-refractivity contribution in [3.8, 4) is 0 Å². The van der Waals surface area contributed by atoms with Gasteiger partial charge in [0.25, 0.3) is 0 Å². The van der Waals surface area contributed by atoms with E-state index in [-0.39, 0.29) is 11.7 Å². The van der Waals surface area contributed by atoms with Gasteiger partial charge in [0.2, 0.25) is 5.91 Å². The third-order valence-electron chi connectivity index (χ3n) is 4.34. The van der Waals surface area contributed by atoms with E-state index in [1.165, 1.54) is 36.7 Å². The topological polar surface area (TPSA) is 72.7 Å². The molecule has 2 aromatic rings. The van der Waals surface area contributed by atoms with Crippen molar-refractivity contribution in [1.82, 2.24) is 25.5 Å². The van der Waals surface area contributed by atoms with Crippen LogP contribution in [-0.4, -0.2) is 38.4 Å². The molecule has 8 heteroatoms. The molecule has 0 unspecified atom stereocenters. The van der Waals surface area contributed by atoms with Crippen molar-refractivity contribution in [3.63, 3.8) is 0 Å². The predicted octanol–water partition coefficient (Wildman–Crippen LogP) is 2.52. The molecule has 1 aromatic heterocycles. The first-order chi connectivity index (χ1) is 12.2. The van der Waals surface area contributed by atoms with E-state index >= 15 is 0 Å². The Morgan fingerprint density at radius 2 is 2.04 bits per heavy atom. The normalized spacial score (nSPS) is 14.8. The molecule has 1 heterocycles. The lowest BCUT2D eigenvalue weighted by Crippen LogP contribution is -2.27. The van der Waals surface area contributed by atoms with E-state index in [1.54, 1.807) is 12.1 Å². The van der Waals surface area contributed by atoms with Gasteiger partial charge >= 0.3 is 0 Å². The Morgan fingerprint density at radius 3 is 2.80 bits per heavy atom. The summed E-state index contributed by atoms with van der Waals surface area (Å²) in [5.74, 6) is 1.60. The van der Waals surface area contributed by atoms with Gasteiger partial charge in [-0.3, -0.25) is 4.79 Å². The summed E-state index contributed by atoms with van der Waals surface area (Å²) in [5, 5.41) is 14.8. The van der Waals surface area contributed by atoms with Gasteiger partial charge in [0.05, 0.1) is 17.5 Å². The number of tetrazole rings is 1. The van der Waals surface area contributed by atoms with Gasteiger partial charge in [-0.05, 0) is 47.4 Å². The first-order valence-corrected chi connectivity index (χ1v) is 9.73. The van der Waals surface area contributed by atoms with E-state index in [9.17, 15) is 9.18 Å². The van der Waals surface area contributed by atoms with Gasteiger partial charge in [0.15, 0.2) is 5.82 Å². The van der Waals surface area contributed by atoms with Crippen molar-refractivity contribution in [2.24, 2.45) is 0 Å². The van der Waals surface area contributed by atoms with E-state index in [4.69, 9.17) is 0 Å². The molecule has 134 valence electrons.